The Morgan fingerprint density at radius 2 is 1.97 bits per heavy atom. The minimum Gasteiger partial charge on any atom is -0.504 e. The van der Waals surface area contributed by atoms with Crippen molar-refractivity contribution < 1.29 is 33.7 Å². The summed E-state index contributed by atoms with van der Waals surface area (Å²) >= 11 is 0. The van der Waals surface area contributed by atoms with Gasteiger partial charge in [-0.05, 0) is 43.4 Å². The molecule has 32 heavy (non-hydrogen) atoms. The van der Waals surface area contributed by atoms with Crippen LogP contribution in [0.3, 0.4) is 0 Å². The lowest BCUT2D eigenvalue weighted by atomic mass is 9.69. The van der Waals surface area contributed by atoms with E-state index in [-0.39, 0.29) is 29.6 Å². The smallest absolute Gasteiger partial charge is 0.336 e. The molecule has 0 unspecified atom stereocenters. The molecule has 172 valence electrons. The van der Waals surface area contributed by atoms with Gasteiger partial charge in [0.25, 0.3) is 0 Å². The first-order valence-electron chi connectivity index (χ1n) is 10.6. The number of hydrogen-bond acceptors (Lipinski definition) is 8. The minimum absolute atomic E-state index is 0.120. The van der Waals surface area contributed by atoms with E-state index in [1.807, 2.05) is 13.8 Å². The van der Waals surface area contributed by atoms with Crippen LogP contribution in [0.2, 0.25) is 0 Å². The third-order valence-electron chi connectivity index (χ3n) is 5.94. The molecule has 0 saturated heterocycles. The zero-order valence-corrected chi connectivity index (χ0v) is 19.0. The lowest BCUT2D eigenvalue weighted by Crippen LogP contribution is -2.43. The number of aromatic hydroxyl groups is 1. The number of dihydropyridines is 1. The zero-order valence-electron chi connectivity index (χ0n) is 19.0. The lowest BCUT2D eigenvalue weighted by molar-refractivity contribution is -0.151. The highest BCUT2D eigenvalue weighted by atomic mass is 16.5. The predicted octanol–water partition coefficient (Wildman–Crippen LogP) is 2.97. The van der Waals surface area contributed by atoms with Crippen molar-refractivity contribution in [1.82, 2.24) is 5.32 Å². The number of rotatable bonds is 6. The van der Waals surface area contributed by atoms with Crippen LogP contribution in [0, 0.1) is 11.8 Å². The fraction of sp³-hybridized carbons (Fsp3) is 0.458. The molecular formula is C24H29NO7. The predicted molar refractivity (Wildman–Crippen MR) is 116 cm³/mol. The highest BCUT2D eigenvalue weighted by molar-refractivity contribution is 6.12. The largest absolute Gasteiger partial charge is 0.504 e. The number of benzene rings is 1. The van der Waals surface area contributed by atoms with Crippen molar-refractivity contribution in [2.45, 2.75) is 39.5 Å². The number of carbonyl (C=O) groups excluding carboxylic acids is 3. The Bertz CT molecular complexity index is 1010. The van der Waals surface area contributed by atoms with Gasteiger partial charge in [-0.3, -0.25) is 9.59 Å². The molecule has 0 bridgehead atoms. The Kier molecular flexibility index (Phi) is 6.91. The summed E-state index contributed by atoms with van der Waals surface area (Å²) in [5.41, 5.74) is 2.34. The first kappa shape index (κ1) is 23.4. The van der Waals surface area contributed by atoms with E-state index >= 15 is 0 Å². The van der Waals surface area contributed by atoms with Gasteiger partial charge in [-0.25, -0.2) is 4.79 Å². The molecule has 8 nitrogen and oxygen atoms in total. The molecule has 3 rings (SSSR count). The Balaban J connectivity index is 2.18. The molecular weight excluding hydrogens is 414 g/mol. The first-order chi connectivity index (χ1) is 15.2. The van der Waals surface area contributed by atoms with Crippen LogP contribution in [0.15, 0.2) is 40.7 Å². The van der Waals surface area contributed by atoms with Gasteiger partial charge in [-0.15, -0.1) is 0 Å². The molecule has 2 N–H and O–H groups in total. The van der Waals surface area contributed by atoms with Crippen LogP contribution in [-0.2, 0) is 23.9 Å². The second-order valence-electron chi connectivity index (χ2n) is 8.10. The molecule has 1 aromatic rings. The summed E-state index contributed by atoms with van der Waals surface area (Å²) in [7, 11) is 2.69. The number of nitrogens with one attached hydrogen (secondary N) is 1. The second kappa shape index (κ2) is 9.46. The van der Waals surface area contributed by atoms with Crippen LogP contribution in [-0.4, -0.2) is 43.7 Å². The van der Waals surface area contributed by atoms with Gasteiger partial charge in [-0.1, -0.05) is 19.9 Å². The van der Waals surface area contributed by atoms with Crippen molar-refractivity contribution in [2.24, 2.45) is 11.8 Å². The van der Waals surface area contributed by atoms with E-state index in [0.29, 0.717) is 35.4 Å². The fourth-order valence-electron chi connectivity index (χ4n) is 4.44. The number of esters is 2. The summed E-state index contributed by atoms with van der Waals surface area (Å²) in [6.45, 7) is 5.70. The Hall–Kier alpha value is -3.29. The number of methoxy groups -OCH3 is 2. The number of ether oxygens (including phenoxy) is 3. The van der Waals surface area contributed by atoms with Crippen LogP contribution in [0.4, 0.5) is 0 Å². The standard InChI is InChI=1S/C24H29NO7/c1-6-9-32-24(29)19-13(3)25-15-10-12(2)18(23(28)31-5)22(27)21(15)20(19)14-7-8-17(30-4)16(26)11-14/h7-8,11-12,18,20,25-26H,6,9-10H2,1-5H3/t12-,18+,20+/m0/s1. The second-order valence-corrected chi connectivity index (χ2v) is 8.10. The third kappa shape index (κ3) is 4.09. The maximum absolute atomic E-state index is 13.6. The van der Waals surface area contributed by atoms with Crippen LogP contribution in [0.25, 0.3) is 0 Å². The highest BCUT2D eigenvalue weighted by Gasteiger charge is 2.47. The van der Waals surface area contributed by atoms with E-state index in [1.165, 1.54) is 20.3 Å². The number of Topliss-reactive ketones (excluding diaryl/α,β-unsaturated/α-hetero) is 1. The summed E-state index contributed by atoms with van der Waals surface area (Å²) < 4.78 is 15.4. The Morgan fingerprint density at radius 3 is 2.56 bits per heavy atom. The van der Waals surface area contributed by atoms with Gasteiger partial charge < -0.3 is 24.6 Å². The monoisotopic (exact) mass is 443 g/mol. The molecule has 8 heteroatoms. The van der Waals surface area contributed by atoms with E-state index in [0.717, 1.165) is 0 Å². The minimum atomic E-state index is -0.971. The lowest BCUT2D eigenvalue weighted by Gasteiger charge is -2.38. The number of carbonyl (C=O) groups is 3. The van der Waals surface area contributed by atoms with Gasteiger partial charge in [0.2, 0.25) is 0 Å². The molecule has 0 aromatic heterocycles. The van der Waals surface area contributed by atoms with Gasteiger partial charge in [0, 0.05) is 22.9 Å². The number of allylic oxidation sites excluding steroid dienone is 3. The van der Waals surface area contributed by atoms with E-state index in [1.54, 1.807) is 19.1 Å². The van der Waals surface area contributed by atoms with Crippen LogP contribution < -0.4 is 10.1 Å². The quantitative estimate of drug-likeness (QED) is 0.510. The Morgan fingerprint density at radius 1 is 1.25 bits per heavy atom. The van der Waals surface area contributed by atoms with Gasteiger partial charge >= 0.3 is 11.9 Å². The molecule has 1 aliphatic heterocycles. The number of phenols is 1. The molecule has 3 atom stereocenters. The van der Waals surface area contributed by atoms with E-state index < -0.39 is 29.6 Å². The van der Waals surface area contributed by atoms with Gasteiger partial charge in [0.05, 0.1) is 26.4 Å². The van der Waals surface area contributed by atoms with Gasteiger partial charge in [0.15, 0.2) is 17.3 Å². The molecule has 0 amide bonds. The summed E-state index contributed by atoms with van der Waals surface area (Å²) in [5, 5.41) is 13.6. The summed E-state index contributed by atoms with van der Waals surface area (Å²) in [6.07, 6.45) is 1.09. The van der Waals surface area contributed by atoms with Crippen molar-refractivity contribution in [3.8, 4) is 11.5 Å². The maximum atomic E-state index is 13.6. The van der Waals surface area contributed by atoms with Gasteiger partial charge in [-0.2, -0.15) is 0 Å². The van der Waals surface area contributed by atoms with Crippen molar-refractivity contribution in [3.63, 3.8) is 0 Å². The SMILES string of the molecule is CCCOC(=O)C1=C(C)NC2=C(C(=O)[C@H](C(=O)OC)[C@@H](C)C2)[C@@H]1c1ccc(OC)c(O)c1. The summed E-state index contributed by atoms with van der Waals surface area (Å²) in [4.78, 5) is 39.1. The van der Waals surface area contributed by atoms with Crippen LogP contribution >= 0.6 is 0 Å². The van der Waals surface area contributed by atoms with E-state index in [2.05, 4.69) is 5.32 Å². The zero-order chi connectivity index (χ0) is 23.6. The molecule has 1 heterocycles. The topological polar surface area (TPSA) is 111 Å². The van der Waals surface area contributed by atoms with Gasteiger partial charge in [0.1, 0.15) is 5.92 Å². The number of hydrogen-bond donors (Lipinski definition) is 2. The first-order valence-corrected chi connectivity index (χ1v) is 10.6. The molecule has 1 aromatic carbocycles. The summed E-state index contributed by atoms with van der Waals surface area (Å²) in [5.74, 6) is -3.45. The Labute approximate surface area is 187 Å². The molecule has 2 aliphatic rings. The van der Waals surface area contributed by atoms with E-state index in [9.17, 15) is 19.5 Å². The molecule has 0 saturated carbocycles. The van der Waals surface area contributed by atoms with Crippen molar-refractivity contribution in [3.05, 3.63) is 46.3 Å². The highest BCUT2D eigenvalue weighted by Crippen LogP contribution is 2.46. The van der Waals surface area contributed by atoms with E-state index in [4.69, 9.17) is 14.2 Å². The normalized spacial score (nSPS) is 22.8. The number of phenolic OH excluding ortho intramolecular Hbond substituents is 1. The van der Waals surface area contributed by atoms with Crippen LogP contribution in [0.5, 0.6) is 11.5 Å². The summed E-state index contributed by atoms with van der Waals surface area (Å²) in [6, 6.07) is 4.74. The third-order valence-corrected chi connectivity index (χ3v) is 5.94. The maximum Gasteiger partial charge on any atom is 0.336 e. The average molecular weight is 443 g/mol. The molecule has 0 fully saturated rings. The fourth-order valence-corrected chi connectivity index (χ4v) is 4.44. The average Bonchev–Trinajstić information content (AvgIpc) is 2.76. The van der Waals surface area contributed by atoms with Crippen LogP contribution in [0.1, 0.15) is 45.1 Å². The van der Waals surface area contributed by atoms with Crippen molar-refractivity contribution in [1.29, 1.82) is 0 Å². The molecule has 0 spiro atoms. The molecule has 0 radical (unpaired) electrons. The van der Waals surface area contributed by atoms with Crippen molar-refractivity contribution in [2.75, 3.05) is 20.8 Å². The molecule has 1 aliphatic carbocycles. The van der Waals surface area contributed by atoms with Crippen molar-refractivity contribution >= 4 is 17.7 Å². The number of ketones is 1.